The fourth-order valence-corrected chi connectivity index (χ4v) is 1.89. The van der Waals surface area contributed by atoms with Crippen molar-refractivity contribution in [3.63, 3.8) is 0 Å². The molecule has 0 bridgehead atoms. The van der Waals surface area contributed by atoms with Crippen molar-refractivity contribution in [2.75, 3.05) is 18.5 Å². The molecule has 0 fully saturated rings. The van der Waals surface area contributed by atoms with Crippen molar-refractivity contribution in [1.82, 2.24) is 4.90 Å². The van der Waals surface area contributed by atoms with Gasteiger partial charge < -0.3 is 20.4 Å². The van der Waals surface area contributed by atoms with Gasteiger partial charge in [-0.2, -0.15) is 0 Å². The number of rotatable bonds is 5. The summed E-state index contributed by atoms with van der Waals surface area (Å²) < 4.78 is 0. The van der Waals surface area contributed by atoms with Gasteiger partial charge in [-0.05, 0) is 38.5 Å². The Kier molecular flexibility index (Phi) is 5.52. The van der Waals surface area contributed by atoms with E-state index in [1.807, 2.05) is 13.8 Å². The van der Waals surface area contributed by atoms with Crippen LogP contribution in [-0.4, -0.2) is 46.3 Å². The van der Waals surface area contributed by atoms with E-state index in [0.29, 0.717) is 11.3 Å². The maximum atomic E-state index is 12.1. The second-order valence-electron chi connectivity index (χ2n) is 4.72. The number of carbonyl (C=O) groups excluding carboxylic acids is 1. The molecule has 0 heterocycles. The molecule has 6 nitrogen and oxygen atoms in total. The van der Waals surface area contributed by atoms with Crippen molar-refractivity contribution < 1.29 is 19.8 Å². The molecule has 110 valence electrons. The molecule has 0 aromatic heterocycles. The van der Waals surface area contributed by atoms with E-state index in [0.717, 1.165) is 0 Å². The third-order valence-electron chi connectivity index (χ3n) is 3.03. The molecule has 1 aromatic carbocycles. The Balaban J connectivity index is 2.95. The number of aliphatic hydroxyl groups excluding tert-OH is 1. The molecule has 0 unspecified atom stereocenters. The first-order valence-electron chi connectivity index (χ1n) is 6.39. The summed E-state index contributed by atoms with van der Waals surface area (Å²) in [5.41, 5.74) is 1.11. The van der Waals surface area contributed by atoms with Crippen LogP contribution in [0.3, 0.4) is 0 Å². The van der Waals surface area contributed by atoms with Gasteiger partial charge in [-0.25, -0.2) is 9.59 Å². The summed E-state index contributed by atoms with van der Waals surface area (Å²) in [6.45, 7) is 5.43. The lowest BCUT2D eigenvalue weighted by Gasteiger charge is -2.26. The lowest BCUT2D eigenvalue weighted by molar-refractivity contribution is 0.0696. The number of carboxylic acid groups (broad SMARTS) is 1. The van der Waals surface area contributed by atoms with Crippen molar-refractivity contribution in [3.8, 4) is 0 Å². The topological polar surface area (TPSA) is 89.9 Å². The quantitative estimate of drug-likeness (QED) is 0.768. The van der Waals surface area contributed by atoms with Crippen LogP contribution in [0.25, 0.3) is 0 Å². The van der Waals surface area contributed by atoms with Crippen LogP contribution in [-0.2, 0) is 0 Å². The number of hydrogen-bond acceptors (Lipinski definition) is 3. The molecular formula is C14H20N2O4. The fourth-order valence-electron chi connectivity index (χ4n) is 1.89. The molecule has 1 aromatic rings. The van der Waals surface area contributed by atoms with Crippen LogP contribution in [0.4, 0.5) is 10.5 Å². The SMILES string of the molecule is Cc1c(NC(=O)N(CCO)C(C)C)cccc1C(=O)O. The third-order valence-corrected chi connectivity index (χ3v) is 3.03. The Morgan fingerprint density at radius 2 is 2.00 bits per heavy atom. The van der Waals surface area contributed by atoms with E-state index in [4.69, 9.17) is 10.2 Å². The minimum Gasteiger partial charge on any atom is -0.478 e. The number of anilines is 1. The zero-order valence-electron chi connectivity index (χ0n) is 11.9. The molecule has 3 N–H and O–H groups in total. The highest BCUT2D eigenvalue weighted by molar-refractivity contribution is 5.95. The van der Waals surface area contributed by atoms with E-state index >= 15 is 0 Å². The first-order valence-corrected chi connectivity index (χ1v) is 6.39. The summed E-state index contributed by atoms with van der Waals surface area (Å²) >= 11 is 0. The Hall–Kier alpha value is -2.08. The first kappa shape index (κ1) is 16.0. The highest BCUT2D eigenvalue weighted by atomic mass is 16.4. The second kappa shape index (κ2) is 6.91. The molecule has 1 rings (SSSR count). The minimum atomic E-state index is -1.03. The van der Waals surface area contributed by atoms with Gasteiger partial charge in [0.15, 0.2) is 0 Å². The summed E-state index contributed by atoms with van der Waals surface area (Å²) in [5.74, 6) is -1.03. The summed E-state index contributed by atoms with van der Waals surface area (Å²) in [6, 6.07) is 4.29. The number of amides is 2. The van der Waals surface area contributed by atoms with E-state index in [9.17, 15) is 9.59 Å². The molecule has 0 saturated carbocycles. The van der Waals surface area contributed by atoms with Gasteiger partial charge >= 0.3 is 12.0 Å². The van der Waals surface area contributed by atoms with E-state index in [1.165, 1.54) is 11.0 Å². The smallest absolute Gasteiger partial charge is 0.336 e. The predicted octanol–water partition coefficient (Wildman–Crippen LogP) is 1.93. The number of benzene rings is 1. The Morgan fingerprint density at radius 3 is 2.50 bits per heavy atom. The number of nitrogens with one attached hydrogen (secondary N) is 1. The fraction of sp³-hybridized carbons (Fsp3) is 0.429. The van der Waals surface area contributed by atoms with E-state index < -0.39 is 5.97 Å². The largest absolute Gasteiger partial charge is 0.478 e. The van der Waals surface area contributed by atoms with Gasteiger partial charge in [-0.15, -0.1) is 0 Å². The van der Waals surface area contributed by atoms with Crippen LogP contribution in [0.15, 0.2) is 18.2 Å². The van der Waals surface area contributed by atoms with Gasteiger partial charge in [-0.3, -0.25) is 0 Å². The van der Waals surface area contributed by atoms with Gasteiger partial charge in [0.2, 0.25) is 0 Å². The lowest BCUT2D eigenvalue weighted by Crippen LogP contribution is -2.41. The van der Waals surface area contributed by atoms with Gasteiger partial charge in [0, 0.05) is 18.3 Å². The van der Waals surface area contributed by atoms with Crippen molar-refractivity contribution in [2.45, 2.75) is 26.8 Å². The van der Waals surface area contributed by atoms with Gasteiger partial charge in [0.25, 0.3) is 0 Å². The molecule has 0 saturated heterocycles. The number of urea groups is 1. The van der Waals surface area contributed by atoms with E-state index in [2.05, 4.69) is 5.32 Å². The second-order valence-corrected chi connectivity index (χ2v) is 4.72. The van der Waals surface area contributed by atoms with E-state index in [1.54, 1.807) is 19.1 Å². The highest BCUT2D eigenvalue weighted by Crippen LogP contribution is 2.19. The first-order chi connectivity index (χ1) is 9.38. The van der Waals surface area contributed by atoms with Crippen molar-refractivity contribution in [2.24, 2.45) is 0 Å². The minimum absolute atomic E-state index is 0.0647. The molecule has 0 atom stereocenters. The molecule has 6 heteroatoms. The van der Waals surface area contributed by atoms with Crippen LogP contribution in [0.2, 0.25) is 0 Å². The van der Waals surface area contributed by atoms with Crippen molar-refractivity contribution in [1.29, 1.82) is 0 Å². The summed E-state index contributed by atoms with van der Waals surface area (Å²) in [7, 11) is 0. The number of carbonyl (C=O) groups is 2. The predicted molar refractivity (Wildman–Crippen MR) is 76.1 cm³/mol. The summed E-state index contributed by atoms with van der Waals surface area (Å²) in [4.78, 5) is 24.7. The van der Waals surface area contributed by atoms with Gasteiger partial charge in [0.05, 0.1) is 12.2 Å². The average molecular weight is 280 g/mol. The van der Waals surface area contributed by atoms with Crippen LogP contribution in [0, 0.1) is 6.92 Å². The third kappa shape index (κ3) is 3.71. The Labute approximate surface area is 118 Å². The number of nitrogens with zero attached hydrogens (tertiary/aromatic N) is 1. The van der Waals surface area contributed by atoms with Crippen molar-refractivity contribution in [3.05, 3.63) is 29.3 Å². The maximum Gasteiger partial charge on any atom is 0.336 e. The highest BCUT2D eigenvalue weighted by Gasteiger charge is 2.18. The molecule has 2 amide bonds. The van der Waals surface area contributed by atoms with Crippen LogP contribution in [0.5, 0.6) is 0 Å². The molecule has 0 aliphatic heterocycles. The molecule has 0 radical (unpaired) electrons. The average Bonchev–Trinajstić information content (AvgIpc) is 2.37. The van der Waals surface area contributed by atoms with Crippen molar-refractivity contribution >= 4 is 17.7 Å². The summed E-state index contributed by atoms with van der Waals surface area (Å²) in [5, 5.41) is 20.7. The molecule has 0 aliphatic rings. The lowest BCUT2D eigenvalue weighted by atomic mass is 10.1. The van der Waals surface area contributed by atoms with Crippen LogP contribution in [0.1, 0.15) is 29.8 Å². The molecular weight excluding hydrogens is 260 g/mol. The zero-order valence-corrected chi connectivity index (χ0v) is 11.9. The Morgan fingerprint density at radius 1 is 1.35 bits per heavy atom. The van der Waals surface area contributed by atoms with Crippen LogP contribution >= 0.6 is 0 Å². The van der Waals surface area contributed by atoms with Crippen LogP contribution < -0.4 is 5.32 Å². The number of aliphatic hydroxyl groups is 1. The molecule has 0 aliphatic carbocycles. The number of hydrogen-bond donors (Lipinski definition) is 3. The molecule has 0 spiro atoms. The molecule has 20 heavy (non-hydrogen) atoms. The Bertz CT molecular complexity index is 500. The number of aromatic carboxylic acids is 1. The van der Waals surface area contributed by atoms with Gasteiger partial charge in [-0.1, -0.05) is 6.07 Å². The summed E-state index contributed by atoms with van der Waals surface area (Å²) in [6.07, 6.45) is 0. The number of carboxylic acids is 1. The normalized spacial score (nSPS) is 10.4. The standard InChI is InChI=1S/C14H20N2O4/c1-9(2)16(7-8-17)14(20)15-12-6-4-5-11(10(12)3)13(18)19/h4-6,9,17H,7-8H2,1-3H3,(H,15,20)(H,18,19). The maximum absolute atomic E-state index is 12.1. The monoisotopic (exact) mass is 280 g/mol. The zero-order chi connectivity index (χ0) is 15.3. The van der Waals surface area contributed by atoms with Gasteiger partial charge in [0.1, 0.15) is 0 Å². The van der Waals surface area contributed by atoms with E-state index in [-0.39, 0.29) is 30.8 Å².